The molecule has 2 N–H and O–H groups in total. The van der Waals surface area contributed by atoms with Crippen molar-refractivity contribution in [3.05, 3.63) is 35.6 Å². The Morgan fingerprint density at radius 2 is 2.29 bits per heavy atom. The first-order chi connectivity index (χ1) is 8.13. The smallest absolute Gasteiger partial charge is 0.341 e. The molecule has 0 saturated heterocycles. The van der Waals surface area contributed by atoms with E-state index in [2.05, 4.69) is 4.98 Å². The van der Waals surface area contributed by atoms with Gasteiger partial charge in [-0.05, 0) is 19.1 Å². The maximum atomic E-state index is 13.4. The van der Waals surface area contributed by atoms with Crippen LogP contribution in [0.5, 0.6) is 0 Å². The first-order valence-electron chi connectivity index (χ1n) is 5.15. The van der Waals surface area contributed by atoms with Crippen LogP contribution in [0.25, 0.3) is 10.9 Å². The van der Waals surface area contributed by atoms with Gasteiger partial charge >= 0.3 is 5.97 Å². The van der Waals surface area contributed by atoms with Gasteiger partial charge in [-0.3, -0.25) is 0 Å². The summed E-state index contributed by atoms with van der Waals surface area (Å²) in [4.78, 5) is 15.4. The monoisotopic (exact) mass is 234 g/mol. The molecular weight excluding hydrogens is 223 g/mol. The van der Waals surface area contributed by atoms with Gasteiger partial charge in [0.2, 0.25) is 0 Å². The van der Waals surface area contributed by atoms with Crippen molar-refractivity contribution in [3.63, 3.8) is 0 Å². The summed E-state index contributed by atoms with van der Waals surface area (Å²) in [5.74, 6) is -1.05. The second kappa shape index (κ2) is 4.37. The summed E-state index contributed by atoms with van der Waals surface area (Å²) in [6.07, 6.45) is 0. The van der Waals surface area contributed by atoms with Crippen LogP contribution in [0, 0.1) is 5.82 Å². The van der Waals surface area contributed by atoms with Crippen molar-refractivity contribution >= 4 is 22.7 Å². The van der Waals surface area contributed by atoms with E-state index in [1.165, 1.54) is 12.1 Å². The highest BCUT2D eigenvalue weighted by atomic mass is 19.1. The van der Waals surface area contributed by atoms with Gasteiger partial charge in [-0.2, -0.15) is 0 Å². The number of esters is 1. The van der Waals surface area contributed by atoms with Crippen molar-refractivity contribution in [1.82, 2.24) is 4.98 Å². The maximum Gasteiger partial charge on any atom is 0.341 e. The molecule has 2 rings (SSSR count). The van der Waals surface area contributed by atoms with Crippen molar-refractivity contribution in [2.24, 2.45) is 0 Å². The predicted octanol–water partition coefficient (Wildman–Crippen LogP) is 2.13. The molecule has 2 aromatic rings. The lowest BCUT2D eigenvalue weighted by atomic mass is 10.1. The number of nitrogen functional groups attached to an aromatic ring is 1. The highest BCUT2D eigenvalue weighted by Gasteiger charge is 2.14. The van der Waals surface area contributed by atoms with E-state index < -0.39 is 11.8 Å². The minimum Gasteiger partial charge on any atom is -0.462 e. The minimum absolute atomic E-state index is 0.0268. The lowest BCUT2D eigenvalue weighted by Gasteiger charge is -2.06. The van der Waals surface area contributed by atoms with E-state index in [1.807, 2.05) is 0 Å². The molecule has 1 aromatic carbocycles. The van der Waals surface area contributed by atoms with Gasteiger partial charge in [-0.25, -0.2) is 14.2 Å². The van der Waals surface area contributed by atoms with E-state index in [1.54, 1.807) is 19.1 Å². The number of hydrogen-bond donors (Lipinski definition) is 1. The lowest BCUT2D eigenvalue weighted by molar-refractivity contribution is 0.0527. The van der Waals surface area contributed by atoms with E-state index in [-0.39, 0.29) is 23.5 Å². The molecule has 0 atom stereocenters. The third kappa shape index (κ3) is 2.04. The van der Waals surface area contributed by atoms with E-state index >= 15 is 0 Å². The van der Waals surface area contributed by atoms with E-state index in [0.717, 1.165) is 0 Å². The standard InChI is InChI=1S/C12H11FN2O2/c1-2-17-12(16)8-6-7-4-3-5-9(13)10(7)15-11(8)14/h3-6H,2H2,1H3,(H2,14,15). The maximum absolute atomic E-state index is 13.4. The van der Waals surface area contributed by atoms with Gasteiger partial charge in [0.15, 0.2) is 0 Å². The summed E-state index contributed by atoms with van der Waals surface area (Å²) in [5.41, 5.74) is 5.92. The van der Waals surface area contributed by atoms with Crippen molar-refractivity contribution < 1.29 is 13.9 Å². The summed E-state index contributed by atoms with van der Waals surface area (Å²) < 4.78 is 18.2. The number of para-hydroxylation sites is 1. The van der Waals surface area contributed by atoms with Crippen LogP contribution in [0.2, 0.25) is 0 Å². The molecule has 0 spiro atoms. The Morgan fingerprint density at radius 3 is 3.00 bits per heavy atom. The molecular formula is C12H11FN2O2. The van der Waals surface area contributed by atoms with Gasteiger partial charge in [0.05, 0.1) is 6.61 Å². The number of rotatable bonds is 2. The molecule has 88 valence electrons. The zero-order valence-electron chi connectivity index (χ0n) is 9.24. The van der Waals surface area contributed by atoms with Crippen molar-refractivity contribution in [1.29, 1.82) is 0 Å². The molecule has 17 heavy (non-hydrogen) atoms. The van der Waals surface area contributed by atoms with Crippen molar-refractivity contribution in [2.45, 2.75) is 6.92 Å². The van der Waals surface area contributed by atoms with Gasteiger partial charge in [-0.15, -0.1) is 0 Å². The molecule has 0 bridgehead atoms. The van der Waals surface area contributed by atoms with Gasteiger partial charge in [-0.1, -0.05) is 12.1 Å². The summed E-state index contributed by atoms with van der Waals surface area (Å²) in [6.45, 7) is 1.95. The Bertz CT molecular complexity index is 584. The topological polar surface area (TPSA) is 65.2 Å². The van der Waals surface area contributed by atoms with Crippen LogP contribution >= 0.6 is 0 Å². The lowest BCUT2D eigenvalue weighted by Crippen LogP contribution is -2.09. The van der Waals surface area contributed by atoms with Crippen LogP contribution in [-0.4, -0.2) is 17.6 Å². The number of anilines is 1. The van der Waals surface area contributed by atoms with Crippen LogP contribution < -0.4 is 5.73 Å². The number of aromatic nitrogens is 1. The second-order valence-electron chi connectivity index (χ2n) is 3.45. The first kappa shape index (κ1) is 11.3. The van der Waals surface area contributed by atoms with E-state index in [0.29, 0.717) is 5.39 Å². The van der Waals surface area contributed by atoms with Crippen LogP contribution in [0.1, 0.15) is 17.3 Å². The average Bonchev–Trinajstić information content (AvgIpc) is 2.30. The molecule has 0 fully saturated rings. The molecule has 4 nitrogen and oxygen atoms in total. The molecule has 1 heterocycles. The average molecular weight is 234 g/mol. The van der Waals surface area contributed by atoms with Gasteiger partial charge in [0.25, 0.3) is 0 Å². The number of nitrogens with two attached hydrogens (primary N) is 1. The molecule has 0 aliphatic carbocycles. The highest BCUT2D eigenvalue weighted by molar-refractivity contribution is 5.98. The normalized spacial score (nSPS) is 10.5. The summed E-state index contributed by atoms with van der Waals surface area (Å²) in [7, 11) is 0. The third-order valence-corrected chi connectivity index (χ3v) is 2.32. The predicted molar refractivity (Wildman–Crippen MR) is 62.1 cm³/mol. The van der Waals surface area contributed by atoms with Crippen LogP contribution in [0.4, 0.5) is 10.2 Å². The summed E-state index contributed by atoms with van der Waals surface area (Å²) in [6, 6.07) is 5.98. The molecule has 5 heteroatoms. The van der Waals surface area contributed by atoms with Crippen molar-refractivity contribution in [2.75, 3.05) is 12.3 Å². The number of pyridine rings is 1. The molecule has 0 aliphatic rings. The van der Waals surface area contributed by atoms with Crippen LogP contribution in [0.15, 0.2) is 24.3 Å². The molecule has 0 aliphatic heterocycles. The Morgan fingerprint density at radius 1 is 1.53 bits per heavy atom. The Balaban J connectivity index is 2.60. The fourth-order valence-corrected chi connectivity index (χ4v) is 1.55. The fourth-order valence-electron chi connectivity index (χ4n) is 1.55. The van der Waals surface area contributed by atoms with Gasteiger partial charge in [0, 0.05) is 5.39 Å². The summed E-state index contributed by atoms with van der Waals surface area (Å²) in [5, 5.41) is 0.516. The quantitative estimate of drug-likeness (QED) is 0.808. The van der Waals surface area contributed by atoms with Crippen LogP contribution in [-0.2, 0) is 4.74 Å². The minimum atomic E-state index is -0.552. The Hall–Kier alpha value is -2.17. The Labute approximate surface area is 97.2 Å². The molecule has 0 unspecified atom stereocenters. The van der Waals surface area contributed by atoms with Crippen LogP contribution in [0.3, 0.4) is 0 Å². The number of carbonyl (C=O) groups excluding carboxylic acids is 1. The SMILES string of the molecule is CCOC(=O)c1cc2cccc(F)c2nc1N. The number of fused-ring (bicyclic) bond motifs is 1. The molecule has 1 aromatic heterocycles. The number of carbonyl (C=O) groups is 1. The number of ether oxygens (including phenoxy) is 1. The second-order valence-corrected chi connectivity index (χ2v) is 3.45. The summed E-state index contributed by atoms with van der Waals surface area (Å²) >= 11 is 0. The van der Waals surface area contributed by atoms with E-state index in [9.17, 15) is 9.18 Å². The molecule has 0 radical (unpaired) electrons. The van der Waals surface area contributed by atoms with Crippen molar-refractivity contribution in [3.8, 4) is 0 Å². The number of benzene rings is 1. The number of halogens is 1. The number of hydrogen-bond acceptors (Lipinski definition) is 4. The molecule has 0 amide bonds. The Kier molecular flexibility index (Phi) is 2.91. The molecule has 0 saturated carbocycles. The third-order valence-electron chi connectivity index (χ3n) is 2.32. The van der Waals surface area contributed by atoms with E-state index in [4.69, 9.17) is 10.5 Å². The van der Waals surface area contributed by atoms with Gasteiger partial charge in [0.1, 0.15) is 22.7 Å². The highest BCUT2D eigenvalue weighted by Crippen LogP contribution is 2.21. The first-order valence-corrected chi connectivity index (χ1v) is 5.15. The zero-order valence-corrected chi connectivity index (χ0v) is 9.24. The number of nitrogens with zero attached hydrogens (tertiary/aromatic N) is 1. The van der Waals surface area contributed by atoms with Gasteiger partial charge < -0.3 is 10.5 Å². The fraction of sp³-hybridized carbons (Fsp3) is 0.167. The zero-order chi connectivity index (χ0) is 12.4. The largest absolute Gasteiger partial charge is 0.462 e.